The Bertz CT molecular complexity index is 432. The zero-order chi connectivity index (χ0) is 14.1. The van der Waals surface area contributed by atoms with Gasteiger partial charge in [0.2, 0.25) is 10.5 Å². The molecule has 1 heterocycles. The third-order valence-corrected chi connectivity index (χ3v) is 4.24. The molecule has 1 fully saturated rings. The molecule has 1 saturated heterocycles. The molecule has 0 aliphatic carbocycles. The van der Waals surface area contributed by atoms with Crippen LogP contribution in [0.2, 0.25) is 0 Å². The van der Waals surface area contributed by atoms with Gasteiger partial charge in [0, 0.05) is 6.61 Å². The molecule has 5 heteroatoms. The van der Waals surface area contributed by atoms with Crippen molar-refractivity contribution in [1.82, 2.24) is 0 Å². The Morgan fingerprint density at radius 3 is 2.26 bits per heavy atom. The van der Waals surface area contributed by atoms with Crippen molar-refractivity contribution in [2.24, 2.45) is 0 Å². The van der Waals surface area contributed by atoms with Crippen LogP contribution in [0.5, 0.6) is 0 Å². The topological polar surface area (TPSA) is 27.7 Å². The summed E-state index contributed by atoms with van der Waals surface area (Å²) in [4.78, 5) is 0. The number of benzene rings is 1. The van der Waals surface area contributed by atoms with E-state index >= 15 is 0 Å². The van der Waals surface area contributed by atoms with Crippen molar-refractivity contribution in [3.63, 3.8) is 0 Å². The van der Waals surface area contributed by atoms with Crippen LogP contribution in [0.3, 0.4) is 0 Å². The van der Waals surface area contributed by atoms with Crippen molar-refractivity contribution in [3.8, 4) is 0 Å². The second-order valence-electron chi connectivity index (χ2n) is 5.89. The summed E-state index contributed by atoms with van der Waals surface area (Å²) in [5.74, 6) is 0. The van der Waals surface area contributed by atoms with Crippen LogP contribution in [0.4, 0.5) is 0 Å². The van der Waals surface area contributed by atoms with Gasteiger partial charge in [0.15, 0.2) is 0 Å². The molecule has 0 amide bonds. The van der Waals surface area contributed by atoms with Gasteiger partial charge in [-0.1, -0.05) is 24.3 Å². The van der Waals surface area contributed by atoms with Crippen LogP contribution in [-0.2, 0) is 20.2 Å². The minimum absolute atomic E-state index is 0.309. The molecule has 1 aromatic rings. The molecule has 1 aromatic carbocycles. The Morgan fingerprint density at radius 1 is 1.11 bits per heavy atom. The van der Waals surface area contributed by atoms with Gasteiger partial charge in [0.25, 0.3) is 0 Å². The van der Waals surface area contributed by atoms with E-state index in [-0.39, 0.29) is 18.3 Å². The first-order chi connectivity index (χ1) is 8.87. The lowest BCUT2D eigenvalue weighted by atomic mass is 9.75. The standard InChI is InChI=1S/C14H20BO3Si/c1-13(2)14(3,4)18-15(17-13)12-8-6-5-7-11(12)9-10-16-19/h5-8H,9-10H2,1-4H3. The predicted molar refractivity (Wildman–Crippen MR) is 77.6 cm³/mol. The molecule has 0 saturated carbocycles. The van der Waals surface area contributed by atoms with Crippen LogP contribution in [0.25, 0.3) is 0 Å². The summed E-state index contributed by atoms with van der Waals surface area (Å²) in [6.45, 7) is 8.88. The van der Waals surface area contributed by atoms with Crippen LogP contribution in [0.1, 0.15) is 33.3 Å². The Morgan fingerprint density at radius 2 is 1.68 bits per heavy atom. The van der Waals surface area contributed by atoms with Gasteiger partial charge in [-0.05, 0) is 45.1 Å². The molecule has 0 aromatic heterocycles. The van der Waals surface area contributed by atoms with Gasteiger partial charge >= 0.3 is 7.12 Å². The van der Waals surface area contributed by atoms with Crippen LogP contribution in [-0.4, -0.2) is 35.4 Å². The average molecular weight is 275 g/mol. The quantitative estimate of drug-likeness (QED) is 0.782. The number of rotatable bonds is 4. The molecule has 2 rings (SSSR count). The minimum Gasteiger partial charge on any atom is -0.418 e. The van der Waals surface area contributed by atoms with Gasteiger partial charge in [-0.3, -0.25) is 0 Å². The van der Waals surface area contributed by atoms with Crippen molar-refractivity contribution in [3.05, 3.63) is 29.8 Å². The highest BCUT2D eigenvalue weighted by Gasteiger charge is 2.52. The van der Waals surface area contributed by atoms with Gasteiger partial charge in [-0.25, -0.2) is 0 Å². The Labute approximate surface area is 119 Å². The molecular formula is C14H20BO3Si. The third-order valence-electron chi connectivity index (χ3n) is 4.04. The maximum atomic E-state index is 6.10. The first kappa shape index (κ1) is 14.8. The van der Waals surface area contributed by atoms with E-state index in [0.717, 1.165) is 11.9 Å². The summed E-state index contributed by atoms with van der Waals surface area (Å²) in [5, 5.41) is 0. The maximum Gasteiger partial charge on any atom is 0.495 e. The second kappa shape index (κ2) is 5.40. The van der Waals surface area contributed by atoms with E-state index in [1.54, 1.807) is 0 Å². The van der Waals surface area contributed by atoms with E-state index in [1.807, 2.05) is 12.1 Å². The fourth-order valence-electron chi connectivity index (χ4n) is 2.12. The summed E-state index contributed by atoms with van der Waals surface area (Å²) in [6, 6.07) is 8.19. The fourth-order valence-corrected chi connectivity index (χ4v) is 2.22. The molecule has 1 aliphatic heterocycles. The third kappa shape index (κ3) is 2.94. The highest BCUT2D eigenvalue weighted by Crippen LogP contribution is 2.36. The Balaban J connectivity index is 2.24. The largest absolute Gasteiger partial charge is 0.495 e. The van der Waals surface area contributed by atoms with Crippen molar-refractivity contribution in [1.29, 1.82) is 0 Å². The molecular weight excluding hydrogens is 255 g/mol. The normalized spacial score (nSPS) is 20.8. The number of hydrogen-bond donors (Lipinski definition) is 0. The highest BCUT2D eigenvalue weighted by atomic mass is 28.2. The van der Waals surface area contributed by atoms with E-state index < -0.39 is 0 Å². The first-order valence-electron chi connectivity index (χ1n) is 6.59. The molecule has 0 N–H and O–H groups in total. The van der Waals surface area contributed by atoms with Crippen molar-refractivity contribution >= 4 is 23.1 Å². The van der Waals surface area contributed by atoms with E-state index in [4.69, 9.17) is 13.7 Å². The van der Waals surface area contributed by atoms with Crippen LogP contribution in [0, 0.1) is 0 Å². The summed E-state index contributed by atoms with van der Waals surface area (Å²) >= 11 is 0. The maximum absolute atomic E-state index is 6.10. The monoisotopic (exact) mass is 275 g/mol. The van der Waals surface area contributed by atoms with E-state index in [9.17, 15) is 0 Å². The van der Waals surface area contributed by atoms with Gasteiger partial charge in [0.1, 0.15) is 0 Å². The van der Waals surface area contributed by atoms with Gasteiger partial charge < -0.3 is 13.7 Å². The Kier molecular flexibility index (Phi) is 4.20. The van der Waals surface area contributed by atoms with Crippen molar-refractivity contribution in [2.75, 3.05) is 6.61 Å². The molecule has 0 atom stereocenters. The lowest BCUT2D eigenvalue weighted by Crippen LogP contribution is -2.41. The summed E-state index contributed by atoms with van der Waals surface area (Å²) in [5.41, 5.74) is 1.66. The van der Waals surface area contributed by atoms with Crippen LogP contribution >= 0.6 is 0 Å². The lowest BCUT2D eigenvalue weighted by molar-refractivity contribution is 0.00578. The molecule has 0 unspecified atom stereocenters. The minimum atomic E-state index is -0.309. The fraction of sp³-hybridized carbons (Fsp3) is 0.571. The van der Waals surface area contributed by atoms with E-state index in [1.165, 1.54) is 5.56 Å². The summed E-state index contributed by atoms with van der Waals surface area (Å²) in [6.07, 6.45) is 0.823. The van der Waals surface area contributed by atoms with Gasteiger partial charge in [-0.2, -0.15) is 0 Å². The first-order valence-corrected chi connectivity index (χ1v) is 7.00. The second-order valence-corrected chi connectivity index (χ2v) is 6.17. The van der Waals surface area contributed by atoms with Crippen molar-refractivity contribution < 1.29 is 13.7 Å². The van der Waals surface area contributed by atoms with E-state index in [2.05, 4.69) is 50.3 Å². The van der Waals surface area contributed by atoms with Crippen molar-refractivity contribution in [2.45, 2.75) is 45.3 Å². The summed E-state index contributed by atoms with van der Waals surface area (Å²) in [7, 11) is 2.73. The molecule has 101 valence electrons. The zero-order valence-electron chi connectivity index (χ0n) is 12.0. The van der Waals surface area contributed by atoms with Gasteiger partial charge in [-0.15, -0.1) is 0 Å². The zero-order valence-corrected chi connectivity index (χ0v) is 13.0. The number of hydrogen-bond acceptors (Lipinski definition) is 3. The van der Waals surface area contributed by atoms with Crippen LogP contribution in [0.15, 0.2) is 24.3 Å². The van der Waals surface area contributed by atoms with Gasteiger partial charge in [0.05, 0.1) is 11.2 Å². The Hall–Kier alpha value is -0.618. The molecule has 3 nitrogen and oxygen atoms in total. The van der Waals surface area contributed by atoms with Crippen LogP contribution < -0.4 is 5.46 Å². The average Bonchev–Trinajstić information content (AvgIpc) is 2.56. The van der Waals surface area contributed by atoms with E-state index in [0.29, 0.717) is 6.61 Å². The molecule has 0 bridgehead atoms. The lowest BCUT2D eigenvalue weighted by Gasteiger charge is -2.32. The smallest absolute Gasteiger partial charge is 0.418 e. The molecule has 1 aliphatic rings. The molecule has 0 spiro atoms. The molecule has 19 heavy (non-hydrogen) atoms. The highest BCUT2D eigenvalue weighted by molar-refractivity contribution is 6.62. The predicted octanol–water partition coefficient (Wildman–Crippen LogP) is 1.63. The molecule has 3 radical (unpaired) electrons. The SMILES string of the molecule is CC1(C)OB(c2ccccc2CCO[Si])OC1(C)C. The summed E-state index contributed by atoms with van der Waals surface area (Å²) < 4.78 is 17.2.